The molecule has 28 heavy (non-hydrogen) atoms. The molecule has 1 atom stereocenters. The first-order chi connectivity index (χ1) is 13.4. The lowest BCUT2D eigenvalue weighted by Gasteiger charge is -2.33. The molecule has 1 fully saturated rings. The Balaban J connectivity index is 1.47. The summed E-state index contributed by atoms with van der Waals surface area (Å²) in [5, 5.41) is 5.39. The Kier molecular flexibility index (Phi) is 7.13. The molecule has 7 heteroatoms. The van der Waals surface area contributed by atoms with Gasteiger partial charge in [-0.1, -0.05) is 12.1 Å². The fraction of sp³-hybridized carbons (Fsp3) is 0.476. The first kappa shape index (κ1) is 20.9. The van der Waals surface area contributed by atoms with Gasteiger partial charge in [-0.25, -0.2) is 4.98 Å². The van der Waals surface area contributed by atoms with Crippen LogP contribution in [-0.4, -0.2) is 45.8 Å². The number of hydrogen-bond donors (Lipinski definition) is 1. The molecular weight excluding hydrogens is 390 g/mol. The van der Waals surface area contributed by atoms with Crippen molar-refractivity contribution in [1.29, 1.82) is 0 Å². The number of anilines is 1. The van der Waals surface area contributed by atoms with Gasteiger partial charge >= 0.3 is 0 Å². The lowest BCUT2D eigenvalue weighted by Crippen LogP contribution is -2.43. The monoisotopic (exact) mass is 417 g/mol. The highest BCUT2D eigenvalue weighted by Crippen LogP contribution is 2.26. The van der Waals surface area contributed by atoms with Crippen molar-refractivity contribution in [3.63, 3.8) is 0 Å². The second-order valence-electron chi connectivity index (χ2n) is 7.31. The molecule has 0 bridgehead atoms. The number of aryl methyl sites for hydroxylation is 2. The number of amides is 2. The molecule has 0 spiro atoms. The molecule has 1 aromatic heterocycles. The van der Waals surface area contributed by atoms with E-state index >= 15 is 0 Å². The number of benzene rings is 1. The fourth-order valence-corrected chi connectivity index (χ4v) is 4.74. The Bertz CT molecular complexity index is 850. The highest BCUT2D eigenvalue weighted by Gasteiger charge is 2.23. The zero-order valence-corrected chi connectivity index (χ0v) is 18.3. The number of carbonyl (C=O) groups excluding carboxylic acids is 2. The third-order valence-corrected chi connectivity index (χ3v) is 6.81. The first-order valence-corrected chi connectivity index (χ1v) is 11.7. The third-order valence-electron chi connectivity index (χ3n) is 5.14. The van der Waals surface area contributed by atoms with Crippen LogP contribution in [0.2, 0.25) is 0 Å². The lowest BCUT2D eigenvalue weighted by molar-refractivity contribution is -0.131. The van der Waals surface area contributed by atoms with Gasteiger partial charge < -0.3 is 10.2 Å². The number of carbonyl (C=O) groups is 2. The molecule has 1 aliphatic heterocycles. The van der Waals surface area contributed by atoms with Crippen LogP contribution in [0.15, 0.2) is 23.6 Å². The SMILES string of the molecule is Cc1ccc(-c2csc(NC(=O)CSCC(=O)N3CCCCC3C)n2)cc1C. The molecule has 150 valence electrons. The van der Waals surface area contributed by atoms with Gasteiger partial charge in [0.15, 0.2) is 5.13 Å². The zero-order chi connectivity index (χ0) is 20.1. The van der Waals surface area contributed by atoms with Crippen molar-refractivity contribution in [3.8, 4) is 11.3 Å². The van der Waals surface area contributed by atoms with Crippen molar-refractivity contribution < 1.29 is 9.59 Å². The second-order valence-corrected chi connectivity index (χ2v) is 9.15. The molecule has 0 radical (unpaired) electrons. The molecule has 1 saturated heterocycles. The fourth-order valence-electron chi connectivity index (χ4n) is 3.30. The maximum Gasteiger partial charge on any atom is 0.236 e. The average molecular weight is 418 g/mol. The Hall–Kier alpha value is -1.86. The Morgan fingerprint density at radius 3 is 2.82 bits per heavy atom. The minimum absolute atomic E-state index is 0.120. The highest BCUT2D eigenvalue weighted by atomic mass is 32.2. The molecule has 2 aromatic rings. The number of rotatable bonds is 6. The zero-order valence-electron chi connectivity index (χ0n) is 16.7. The van der Waals surface area contributed by atoms with E-state index in [1.807, 2.05) is 16.3 Å². The number of piperidine rings is 1. The number of nitrogens with zero attached hydrogens (tertiary/aromatic N) is 2. The summed E-state index contributed by atoms with van der Waals surface area (Å²) in [6.07, 6.45) is 3.34. The van der Waals surface area contributed by atoms with Gasteiger partial charge in [-0.15, -0.1) is 23.1 Å². The number of thioether (sulfide) groups is 1. The van der Waals surface area contributed by atoms with Crippen LogP contribution in [0, 0.1) is 13.8 Å². The summed E-state index contributed by atoms with van der Waals surface area (Å²) in [6, 6.07) is 6.55. The molecule has 2 amide bonds. The van der Waals surface area contributed by atoms with Crippen molar-refractivity contribution in [2.45, 2.75) is 46.1 Å². The van der Waals surface area contributed by atoms with Crippen LogP contribution in [-0.2, 0) is 9.59 Å². The van der Waals surface area contributed by atoms with E-state index < -0.39 is 0 Å². The van der Waals surface area contributed by atoms with Crippen LogP contribution >= 0.6 is 23.1 Å². The highest BCUT2D eigenvalue weighted by molar-refractivity contribution is 8.00. The molecule has 0 saturated carbocycles. The molecule has 1 unspecified atom stereocenters. The number of thiazole rings is 1. The van der Waals surface area contributed by atoms with Crippen molar-refractivity contribution in [1.82, 2.24) is 9.88 Å². The molecule has 1 aliphatic rings. The smallest absolute Gasteiger partial charge is 0.236 e. The number of hydrogen-bond acceptors (Lipinski definition) is 5. The molecule has 0 aliphatic carbocycles. The maximum atomic E-state index is 12.3. The van der Waals surface area contributed by atoms with Crippen LogP contribution in [0.4, 0.5) is 5.13 Å². The van der Waals surface area contributed by atoms with Crippen LogP contribution in [0.1, 0.15) is 37.3 Å². The van der Waals surface area contributed by atoms with Gasteiger partial charge in [-0.05, 0) is 57.2 Å². The number of likely N-dealkylation sites (tertiary alicyclic amines) is 1. The molecule has 1 aromatic carbocycles. The third kappa shape index (κ3) is 5.35. The van der Waals surface area contributed by atoms with Crippen LogP contribution in [0.3, 0.4) is 0 Å². The predicted octanol–water partition coefficient (Wildman–Crippen LogP) is 4.50. The Labute approximate surface area is 174 Å². The number of aromatic nitrogens is 1. The van der Waals surface area contributed by atoms with Crippen LogP contribution in [0.25, 0.3) is 11.3 Å². The minimum atomic E-state index is -0.120. The standard InChI is InChI=1S/C21H27N3O2S2/c1-14-7-8-17(10-15(14)2)18-11-28-21(22-18)23-19(25)12-27-13-20(26)24-9-5-4-6-16(24)3/h7-8,10-11,16H,4-6,9,12-13H2,1-3H3,(H,22,23,25). The Morgan fingerprint density at radius 1 is 1.25 bits per heavy atom. The maximum absolute atomic E-state index is 12.3. The van der Waals surface area contributed by atoms with Crippen molar-refractivity contribution in [2.75, 3.05) is 23.4 Å². The molecule has 3 rings (SSSR count). The molecular formula is C21H27N3O2S2. The van der Waals surface area contributed by atoms with Crippen molar-refractivity contribution in [3.05, 3.63) is 34.7 Å². The van der Waals surface area contributed by atoms with Gasteiger partial charge in [-0.2, -0.15) is 0 Å². The minimum Gasteiger partial charge on any atom is -0.339 e. The molecule has 1 N–H and O–H groups in total. The molecule has 5 nitrogen and oxygen atoms in total. The van der Waals surface area contributed by atoms with Crippen LogP contribution < -0.4 is 5.32 Å². The van der Waals surface area contributed by atoms with Crippen LogP contribution in [0.5, 0.6) is 0 Å². The summed E-state index contributed by atoms with van der Waals surface area (Å²) in [4.78, 5) is 31.0. The summed E-state index contributed by atoms with van der Waals surface area (Å²) >= 11 is 2.78. The number of nitrogens with one attached hydrogen (secondary N) is 1. The quantitative estimate of drug-likeness (QED) is 0.752. The molecule has 2 heterocycles. The lowest BCUT2D eigenvalue weighted by atomic mass is 10.0. The Morgan fingerprint density at radius 2 is 2.07 bits per heavy atom. The topological polar surface area (TPSA) is 62.3 Å². The van der Waals surface area contributed by atoms with E-state index in [-0.39, 0.29) is 17.6 Å². The summed E-state index contributed by atoms with van der Waals surface area (Å²) < 4.78 is 0. The summed E-state index contributed by atoms with van der Waals surface area (Å²) in [7, 11) is 0. The van der Waals surface area contributed by atoms with E-state index in [1.54, 1.807) is 0 Å². The second kappa shape index (κ2) is 9.56. The largest absolute Gasteiger partial charge is 0.339 e. The van der Waals surface area contributed by atoms with Crippen molar-refractivity contribution in [2.24, 2.45) is 0 Å². The van der Waals surface area contributed by atoms with Gasteiger partial charge in [0.2, 0.25) is 11.8 Å². The van der Waals surface area contributed by atoms with E-state index in [2.05, 4.69) is 43.2 Å². The summed E-state index contributed by atoms with van der Waals surface area (Å²) in [5.41, 5.74) is 4.39. The van der Waals surface area contributed by atoms with E-state index in [9.17, 15) is 9.59 Å². The average Bonchev–Trinajstić information content (AvgIpc) is 3.12. The van der Waals surface area contributed by atoms with Gasteiger partial charge in [0.25, 0.3) is 0 Å². The predicted molar refractivity (Wildman–Crippen MR) is 118 cm³/mol. The summed E-state index contributed by atoms with van der Waals surface area (Å²) in [5.74, 6) is 0.623. The summed E-state index contributed by atoms with van der Waals surface area (Å²) in [6.45, 7) is 7.11. The van der Waals surface area contributed by atoms with E-state index in [1.165, 1.54) is 40.6 Å². The van der Waals surface area contributed by atoms with E-state index in [0.29, 0.717) is 16.9 Å². The van der Waals surface area contributed by atoms with E-state index in [4.69, 9.17) is 0 Å². The van der Waals surface area contributed by atoms with Gasteiger partial charge in [0, 0.05) is 23.5 Å². The van der Waals surface area contributed by atoms with Gasteiger partial charge in [0.05, 0.1) is 17.2 Å². The normalized spacial score (nSPS) is 16.8. The first-order valence-electron chi connectivity index (χ1n) is 9.64. The van der Waals surface area contributed by atoms with E-state index in [0.717, 1.165) is 30.6 Å². The van der Waals surface area contributed by atoms with Gasteiger partial charge in [0.1, 0.15) is 0 Å². The van der Waals surface area contributed by atoms with Gasteiger partial charge in [-0.3, -0.25) is 9.59 Å². The van der Waals surface area contributed by atoms with Crippen molar-refractivity contribution >= 4 is 40.0 Å².